The molecule has 1 aromatic carbocycles. The van der Waals surface area contributed by atoms with Gasteiger partial charge in [0.25, 0.3) is 0 Å². The maximum Gasteiger partial charge on any atom is 0.333 e. The standard InChI is InChI=1S/C29H46N2O4S/c1-12-35-27(34)20(4)18-22(19(2)3)31(10)26(33)23(28(5,6)7)30-25(32)24(36-11)29(8,9)21-16-14-13-15-17-21/h13-19,22-24H,12H2,1-11H3,(H,30,32)/b20-18+/t22-,23-,24+/m1/s1. The number of ether oxygens (including phenoxy) is 1. The highest BCUT2D eigenvalue weighted by Gasteiger charge is 2.41. The smallest absolute Gasteiger partial charge is 0.333 e. The predicted octanol–water partition coefficient (Wildman–Crippen LogP) is 5.22. The molecule has 0 saturated heterocycles. The number of likely N-dealkylation sites (N-methyl/N-ethyl adjacent to an activating group) is 1. The van der Waals surface area contributed by atoms with E-state index in [0.29, 0.717) is 12.2 Å². The number of hydrogen-bond acceptors (Lipinski definition) is 5. The number of carbonyl (C=O) groups excluding carboxylic acids is 3. The van der Waals surface area contributed by atoms with Crippen molar-refractivity contribution in [1.29, 1.82) is 0 Å². The van der Waals surface area contributed by atoms with Crippen LogP contribution in [0.3, 0.4) is 0 Å². The lowest BCUT2D eigenvalue weighted by molar-refractivity contribution is -0.140. The van der Waals surface area contributed by atoms with Gasteiger partial charge >= 0.3 is 5.97 Å². The maximum atomic E-state index is 13.8. The zero-order valence-corrected chi connectivity index (χ0v) is 24.8. The molecule has 1 rings (SSSR count). The van der Waals surface area contributed by atoms with Gasteiger partial charge in [-0.3, -0.25) is 9.59 Å². The monoisotopic (exact) mass is 518 g/mol. The summed E-state index contributed by atoms with van der Waals surface area (Å²) in [5.41, 5.74) is 0.554. The third-order valence-corrected chi connectivity index (χ3v) is 7.82. The Morgan fingerprint density at radius 1 is 1.08 bits per heavy atom. The van der Waals surface area contributed by atoms with Crippen LogP contribution in [0.2, 0.25) is 0 Å². The molecule has 0 fully saturated rings. The Hall–Kier alpha value is -2.28. The maximum absolute atomic E-state index is 13.8. The first-order valence-corrected chi connectivity index (χ1v) is 13.9. The molecule has 0 aromatic heterocycles. The molecule has 1 aromatic rings. The topological polar surface area (TPSA) is 75.7 Å². The van der Waals surface area contributed by atoms with Crippen molar-refractivity contribution in [2.75, 3.05) is 19.9 Å². The van der Waals surface area contributed by atoms with E-state index in [-0.39, 0.29) is 23.8 Å². The van der Waals surface area contributed by atoms with Crippen molar-refractivity contribution >= 4 is 29.5 Å². The van der Waals surface area contributed by atoms with Crippen LogP contribution < -0.4 is 5.32 Å². The lowest BCUT2D eigenvalue weighted by atomic mass is 9.80. The normalized spacial score (nSPS) is 15.2. The summed E-state index contributed by atoms with van der Waals surface area (Å²) in [6, 6.07) is 8.89. The van der Waals surface area contributed by atoms with Gasteiger partial charge in [-0.15, -0.1) is 0 Å². The molecule has 0 heterocycles. The van der Waals surface area contributed by atoms with Crippen LogP contribution in [-0.2, 0) is 24.5 Å². The van der Waals surface area contributed by atoms with Crippen molar-refractivity contribution < 1.29 is 19.1 Å². The third kappa shape index (κ3) is 8.12. The van der Waals surface area contributed by atoms with Gasteiger partial charge in [0, 0.05) is 18.0 Å². The Labute approximate surface area is 222 Å². The highest BCUT2D eigenvalue weighted by molar-refractivity contribution is 8.00. The quantitative estimate of drug-likeness (QED) is 0.321. The predicted molar refractivity (Wildman–Crippen MR) is 150 cm³/mol. The summed E-state index contributed by atoms with van der Waals surface area (Å²) in [6.07, 6.45) is 3.71. The van der Waals surface area contributed by atoms with E-state index in [1.165, 1.54) is 11.8 Å². The minimum Gasteiger partial charge on any atom is -0.463 e. The molecule has 202 valence electrons. The number of nitrogens with zero attached hydrogens (tertiary/aromatic N) is 1. The zero-order valence-electron chi connectivity index (χ0n) is 24.0. The summed E-state index contributed by atoms with van der Waals surface area (Å²) >= 11 is 1.48. The van der Waals surface area contributed by atoms with Gasteiger partial charge in [0.1, 0.15) is 6.04 Å². The summed E-state index contributed by atoms with van der Waals surface area (Å²) in [5.74, 6) is -0.705. The second kappa shape index (κ2) is 13.3. The number of nitrogens with one attached hydrogen (secondary N) is 1. The first-order valence-electron chi connectivity index (χ1n) is 12.6. The van der Waals surface area contributed by atoms with Gasteiger partial charge in [0.2, 0.25) is 11.8 Å². The summed E-state index contributed by atoms with van der Waals surface area (Å²) in [5, 5.41) is 2.70. The molecular formula is C29H46N2O4S. The minimum absolute atomic E-state index is 0.0515. The van der Waals surface area contributed by atoms with Crippen molar-refractivity contribution in [2.24, 2.45) is 11.3 Å². The van der Waals surface area contributed by atoms with Gasteiger partial charge in [-0.25, -0.2) is 4.79 Å². The first-order chi connectivity index (χ1) is 16.6. The van der Waals surface area contributed by atoms with E-state index >= 15 is 0 Å². The first kappa shape index (κ1) is 31.7. The molecule has 6 nitrogen and oxygen atoms in total. The molecule has 0 bridgehead atoms. The van der Waals surface area contributed by atoms with Crippen LogP contribution in [0.15, 0.2) is 42.0 Å². The fourth-order valence-corrected chi connectivity index (χ4v) is 5.29. The summed E-state index contributed by atoms with van der Waals surface area (Å²) < 4.78 is 5.12. The third-order valence-electron chi connectivity index (χ3n) is 6.54. The van der Waals surface area contributed by atoms with Crippen LogP contribution in [0.1, 0.15) is 67.9 Å². The Balaban J connectivity index is 3.28. The van der Waals surface area contributed by atoms with E-state index in [9.17, 15) is 14.4 Å². The molecule has 3 atom stereocenters. The largest absolute Gasteiger partial charge is 0.463 e. The van der Waals surface area contributed by atoms with Crippen molar-refractivity contribution in [3.63, 3.8) is 0 Å². The SMILES string of the molecule is CCOC(=O)/C(C)=C/[C@H](C(C)C)N(C)C(=O)[C@@H](NC(=O)[C@H](SC)C(C)(C)c1ccccc1)C(C)(C)C. The van der Waals surface area contributed by atoms with Gasteiger partial charge < -0.3 is 15.0 Å². The summed E-state index contributed by atoms with van der Waals surface area (Å²) in [4.78, 5) is 41.3. The van der Waals surface area contributed by atoms with Crippen LogP contribution in [0.4, 0.5) is 0 Å². The number of thioether (sulfide) groups is 1. The number of carbonyl (C=O) groups is 3. The van der Waals surface area contributed by atoms with Crippen LogP contribution >= 0.6 is 11.8 Å². The van der Waals surface area contributed by atoms with Gasteiger partial charge in [-0.05, 0) is 37.0 Å². The molecule has 7 heteroatoms. The second-order valence-corrected chi connectivity index (χ2v) is 12.2. The number of benzene rings is 1. The van der Waals surface area contributed by atoms with Crippen molar-refractivity contribution in [3.05, 3.63) is 47.5 Å². The highest BCUT2D eigenvalue weighted by Crippen LogP contribution is 2.34. The van der Waals surface area contributed by atoms with Gasteiger partial charge in [-0.2, -0.15) is 11.8 Å². The Bertz CT molecular complexity index is 919. The molecule has 0 saturated carbocycles. The van der Waals surface area contributed by atoms with Crippen LogP contribution in [0.25, 0.3) is 0 Å². The number of rotatable bonds is 11. The summed E-state index contributed by atoms with van der Waals surface area (Å²) in [7, 11) is 1.73. The Morgan fingerprint density at radius 3 is 2.08 bits per heavy atom. The van der Waals surface area contributed by atoms with Gasteiger partial charge in [-0.1, -0.05) is 84.9 Å². The molecule has 1 N–H and O–H groups in total. The zero-order chi connectivity index (χ0) is 27.8. The van der Waals surface area contributed by atoms with Gasteiger partial charge in [0.15, 0.2) is 0 Å². The minimum atomic E-state index is -0.742. The van der Waals surface area contributed by atoms with Crippen LogP contribution in [-0.4, -0.2) is 59.9 Å². The molecule has 0 unspecified atom stereocenters. The van der Waals surface area contributed by atoms with E-state index in [1.807, 2.05) is 71.2 Å². The lowest BCUT2D eigenvalue weighted by Crippen LogP contribution is -2.59. The number of amides is 2. The van der Waals surface area contributed by atoms with Crippen molar-refractivity contribution in [1.82, 2.24) is 10.2 Å². The number of esters is 1. The molecule has 36 heavy (non-hydrogen) atoms. The van der Waals surface area contributed by atoms with E-state index in [4.69, 9.17) is 4.74 Å². The van der Waals surface area contributed by atoms with Crippen molar-refractivity contribution in [3.8, 4) is 0 Å². The molecule has 0 radical (unpaired) electrons. The van der Waals surface area contributed by atoms with Gasteiger partial charge in [0.05, 0.1) is 17.9 Å². The lowest BCUT2D eigenvalue weighted by Gasteiger charge is -2.39. The molecule has 0 aliphatic heterocycles. The Kier molecular flexibility index (Phi) is 11.7. The van der Waals surface area contributed by atoms with Crippen molar-refractivity contribution in [2.45, 2.75) is 85.1 Å². The van der Waals surface area contributed by atoms with E-state index in [0.717, 1.165) is 5.56 Å². The molecule has 2 amide bonds. The van der Waals surface area contributed by atoms with E-state index in [1.54, 1.807) is 31.9 Å². The van der Waals surface area contributed by atoms with E-state index in [2.05, 4.69) is 19.2 Å². The Morgan fingerprint density at radius 2 is 1.64 bits per heavy atom. The molecular weight excluding hydrogens is 472 g/mol. The second-order valence-electron chi connectivity index (χ2n) is 11.3. The highest BCUT2D eigenvalue weighted by atomic mass is 32.2. The fraction of sp³-hybridized carbons (Fsp3) is 0.621. The van der Waals surface area contributed by atoms with E-state index < -0.39 is 28.1 Å². The van der Waals surface area contributed by atoms with Crippen LogP contribution in [0, 0.1) is 11.3 Å². The molecule has 0 spiro atoms. The average molecular weight is 519 g/mol. The fourth-order valence-electron chi connectivity index (χ4n) is 4.29. The molecule has 0 aliphatic rings. The average Bonchev–Trinajstić information content (AvgIpc) is 2.80. The number of hydrogen-bond donors (Lipinski definition) is 1. The summed E-state index contributed by atoms with van der Waals surface area (Å²) in [6.45, 7) is 17.7. The molecule has 0 aliphatic carbocycles. The van der Waals surface area contributed by atoms with Crippen LogP contribution in [0.5, 0.6) is 0 Å².